The van der Waals surface area contributed by atoms with Crippen LogP contribution < -0.4 is 20.1 Å². The van der Waals surface area contributed by atoms with E-state index in [1.54, 1.807) is 20.8 Å². The minimum atomic E-state index is -0.500. The van der Waals surface area contributed by atoms with Gasteiger partial charge in [0.2, 0.25) is 0 Å². The maximum atomic E-state index is 8.52. The van der Waals surface area contributed by atoms with Crippen molar-refractivity contribution < 1.29 is 14.6 Å². The number of hydrogen-bond donors (Lipinski definition) is 3. The molecule has 0 bridgehead atoms. The molecular formula is C21H31N2NaO3S. The van der Waals surface area contributed by atoms with Gasteiger partial charge < -0.3 is 25.2 Å². The third-order valence-electron chi connectivity index (χ3n) is 2.85. The van der Waals surface area contributed by atoms with E-state index >= 15 is 0 Å². The molecule has 2 rings (SSSR count). The van der Waals surface area contributed by atoms with Crippen LogP contribution in [0.1, 0.15) is 34.6 Å². The van der Waals surface area contributed by atoms with Gasteiger partial charge in [0.25, 0.3) is 0 Å². The van der Waals surface area contributed by atoms with Gasteiger partial charge in [-0.3, -0.25) is 0 Å². The molecule has 2 aromatic rings. The molecule has 0 spiro atoms. The van der Waals surface area contributed by atoms with Crippen LogP contribution in [0.25, 0.3) is 0 Å². The van der Waals surface area contributed by atoms with E-state index in [9.17, 15) is 0 Å². The van der Waals surface area contributed by atoms with Gasteiger partial charge in [-0.1, -0.05) is 0 Å². The van der Waals surface area contributed by atoms with Gasteiger partial charge in [0.1, 0.15) is 11.5 Å². The second-order valence-electron chi connectivity index (χ2n) is 6.66. The predicted octanol–water partition coefficient (Wildman–Crippen LogP) is 4.42. The molecule has 0 saturated heterocycles. The Morgan fingerprint density at radius 2 is 1.11 bits per heavy atom. The normalized spacial score (nSPS) is 9.93. The summed E-state index contributed by atoms with van der Waals surface area (Å²) < 4.78 is 10.8. The molecule has 0 radical (unpaired) electrons. The van der Waals surface area contributed by atoms with Gasteiger partial charge in [-0.05, 0) is 95.4 Å². The van der Waals surface area contributed by atoms with Gasteiger partial charge in [-0.15, -0.1) is 0 Å². The van der Waals surface area contributed by atoms with Crippen LogP contribution in [0.2, 0.25) is 0 Å². The Kier molecular flexibility index (Phi) is 13.2. The number of rotatable bonds is 6. The Bertz CT molecular complexity index is 627. The van der Waals surface area contributed by atoms with Crippen LogP contribution in [0, 0.1) is 0 Å². The van der Waals surface area contributed by atoms with Crippen molar-refractivity contribution in [3.63, 3.8) is 0 Å². The zero-order valence-electron chi connectivity index (χ0n) is 16.7. The van der Waals surface area contributed by atoms with Crippen LogP contribution >= 0.6 is 12.2 Å². The molecule has 0 heterocycles. The summed E-state index contributed by atoms with van der Waals surface area (Å²) in [6.45, 7) is 10.5. The first-order valence-electron chi connectivity index (χ1n) is 8.97. The second kappa shape index (κ2) is 13.8. The van der Waals surface area contributed by atoms with Crippen molar-refractivity contribution in [1.29, 1.82) is 0 Å². The fourth-order valence-electron chi connectivity index (χ4n) is 1.90. The van der Waals surface area contributed by atoms with Crippen LogP contribution in [0.15, 0.2) is 48.5 Å². The molecule has 0 aromatic heterocycles. The Morgan fingerprint density at radius 1 is 0.821 bits per heavy atom. The summed E-state index contributed by atoms with van der Waals surface area (Å²) in [7, 11) is 0. The van der Waals surface area contributed by atoms with Crippen molar-refractivity contribution in [1.82, 2.24) is 0 Å². The number of thiocarbonyl (C=S) groups is 1. The van der Waals surface area contributed by atoms with E-state index in [1.165, 1.54) is 0 Å². The summed E-state index contributed by atoms with van der Waals surface area (Å²) in [5.74, 6) is 1.69. The van der Waals surface area contributed by atoms with Gasteiger partial charge in [-0.25, -0.2) is 0 Å². The molecule has 0 aliphatic heterocycles. The van der Waals surface area contributed by atoms with Crippen LogP contribution in [0.3, 0.4) is 0 Å². The first-order valence-corrected chi connectivity index (χ1v) is 9.38. The van der Waals surface area contributed by atoms with Crippen molar-refractivity contribution >= 4 is 58.3 Å². The van der Waals surface area contributed by atoms with Crippen LogP contribution in [0.4, 0.5) is 11.4 Å². The number of ether oxygens (including phenoxy) is 2. The SMILES string of the molecule is CC(C)(C)O.CCOc1ccc(NC(=S)Nc2ccc(OCC)cc2)cc1.[NaH]. The van der Waals surface area contributed by atoms with E-state index < -0.39 is 5.60 Å². The number of nitrogens with one attached hydrogen (secondary N) is 2. The summed E-state index contributed by atoms with van der Waals surface area (Å²) >= 11 is 5.30. The number of hydrogen-bond acceptors (Lipinski definition) is 4. The quantitative estimate of drug-likeness (QED) is 0.480. The molecule has 0 saturated carbocycles. The Labute approximate surface area is 196 Å². The van der Waals surface area contributed by atoms with Crippen molar-refractivity contribution in [2.24, 2.45) is 0 Å². The van der Waals surface area contributed by atoms with Crippen molar-refractivity contribution in [3.8, 4) is 11.5 Å². The molecule has 3 N–H and O–H groups in total. The van der Waals surface area contributed by atoms with Gasteiger partial charge in [0.15, 0.2) is 5.11 Å². The van der Waals surface area contributed by atoms with Gasteiger partial charge in [0, 0.05) is 11.4 Å². The average molecular weight is 415 g/mol. The molecule has 7 heteroatoms. The zero-order chi connectivity index (χ0) is 20.3. The molecule has 0 unspecified atom stereocenters. The van der Waals surface area contributed by atoms with Crippen molar-refractivity contribution in [3.05, 3.63) is 48.5 Å². The minimum absolute atomic E-state index is 0. The molecule has 0 fully saturated rings. The van der Waals surface area contributed by atoms with E-state index in [1.807, 2.05) is 62.4 Å². The fraction of sp³-hybridized carbons (Fsp3) is 0.381. The van der Waals surface area contributed by atoms with Crippen molar-refractivity contribution in [2.45, 2.75) is 40.2 Å². The summed E-state index contributed by atoms with van der Waals surface area (Å²) in [6, 6.07) is 15.3. The van der Waals surface area contributed by atoms with Crippen LogP contribution in [-0.2, 0) is 0 Å². The first kappa shape index (κ1) is 26.7. The molecule has 28 heavy (non-hydrogen) atoms. The van der Waals surface area contributed by atoms with E-state index in [0.717, 1.165) is 22.9 Å². The second-order valence-corrected chi connectivity index (χ2v) is 7.07. The molecule has 0 atom stereocenters. The van der Waals surface area contributed by atoms with E-state index in [4.69, 9.17) is 26.8 Å². The maximum absolute atomic E-state index is 8.52. The number of aliphatic hydroxyl groups is 1. The molecule has 2 aromatic carbocycles. The standard InChI is InChI=1S/C17H20N2O2S.C4H10O.Na.H/c1-3-20-15-9-5-13(6-10-15)18-17(22)19-14-7-11-16(12-8-14)21-4-2;1-4(2,3)5;;/h5-12H,3-4H2,1-2H3,(H2,18,19,22);5H,1-3H3;;. The Morgan fingerprint density at radius 3 is 1.36 bits per heavy atom. The summed E-state index contributed by atoms with van der Waals surface area (Å²) in [4.78, 5) is 0. The zero-order valence-corrected chi connectivity index (χ0v) is 17.5. The summed E-state index contributed by atoms with van der Waals surface area (Å²) in [6.07, 6.45) is 0. The van der Waals surface area contributed by atoms with E-state index in [-0.39, 0.29) is 29.6 Å². The third kappa shape index (κ3) is 13.0. The van der Waals surface area contributed by atoms with Gasteiger partial charge in [-0.2, -0.15) is 0 Å². The summed E-state index contributed by atoms with van der Waals surface area (Å²) in [5.41, 5.74) is 1.32. The van der Waals surface area contributed by atoms with Crippen LogP contribution in [0.5, 0.6) is 11.5 Å². The number of anilines is 2. The van der Waals surface area contributed by atoms with Crippen molar-refractivity contribution in [2.75, 3.05) is 23.8 Å². The summed E-state index contributed by atoms with van der Waals surface area (Å²) in [5, 5.41) is 15.3. The van der Waals surface area contributed by atoms with E-state index in [0.29, 0.717) is 18.3 Å². The first-order chi connectivity index (χ1) is 12.7. The fourth-order valence-corrected chi connectivity index (χ4v) is 2.13. The Hall–Kier alpha value is -1.31. The Balaban J connectivity index is 0.00000108. The molecule has 150 valence electrons. The number of benzene rings is 2. The molecule has 5 nitrogen and oxygen atoms in total. The van der Waals surface area contributed by atoms with Gasteiger partial charge >= 0.3 is 29.6 Å². The molecular weight excluding hydrogens is 383 g/mol. The van der Waals surface area contributed by atoms with E-state index in [2.05, 4.69) is 10.6 Å². The molecule has 0 aliphatic rings. The van der Waals surface area contributed by atoms with Crippen LogP contribution in [-0.4, -0.2) is 58.6 Å². The topological polar surface area (TPSA) is 62.8 Å². The molecule has 0 amide bonds. The van der Waals surface area contributed by atoms with Gasteiger partial charge in [0.05, 0.1) is 18.8 Å². The third-order valence-corrected chi connectivity index (χ3v) is 3.05. The average Bonchev–Trinajstić information content (AvgIpc) is 2.57. The monoisotopic (exact) mass is 414 g/mol. The molecule has 0 aliphatic carbocycles. The predicted molar refractivity (Wildman–Crippen MR) is 124 cm³/mol.